The molecule has 0 spiro atoms. The first-order valence-corrected chi connectivity index (χ1v) is 10.4. The van der Waals surface area contributed by atoms with Gasteiger partial charge in [0.05, 0.1) is 27.0 Å². The summed E-state index contributed by atoms with van der Waals surface area (Å²) in [6, 6.07) is 8.68. The summed E-state index contributed by atoms with van der Waals surface area (Å²) in [7, 11) is 0. The minimum atomic E-state index is -0.621. The molecule has 0 amide bonds. The highest BCUT2D eigenvalue weighted by Gasteiger charge is 2.25. The van der Waals surface area contributed by atoms with E-state index in [2.05, 4.69) is 9.97 Å². The average molecular weight is 424 g/mol. The number of hydrogen-bond acceptors (Lipinski definition) is 4. The SMILES string of the molecule is Cc1nc2cc(C)c(/N=c3\[nH]c(=O)cc4n3C(c3cc(F)cc(F)c3)CC4)cc2s1. The molecule has 8 heteroatoms. The Morgan fingerprint density at radius 3 is 2.67 bits per heavy atom. The van der Waals surface area contributed by atoms with Crippen molar-refractivity contribution < 1.29 is 8.78 Å². The Labute approximate surface area is 174 Å². The van der Waals surface area contributed by atoms with Gasteiger partial charge in [-0.3, -0.25) is 9.78 Å². The summed E-state index contributed by atoms with van der Waals surface area (Å²) in [6.45, 7) is 3.90. The van der Waals surface area contributed by atoms with Crippen molar-refractivity contribution in [2.75, 3.05) is 0 Å². The molecule has 30 heavy (non-hydrogen) atoms. The van der Waals surface area contributed by atoms with Crippen molar-refractivity contribution in [3.8, 4) is 0 Å². The number of thiazole rings is 1. The summed E-state index contributed by atoms with van der Waals surface area (Å²) < 4.78 is 30.6. The number of halogens is 2. The van der Waals surface area contributed by atoms with Gasteiger partial charge in [-0.1, -0.05) is 0 Å². The van der Waals surface area contributed by atoms with Crippen molar-refractivity contribution in [2.45, 2.75) is 32.7 Å². The third-order valence-electron chi connectivity index (χ3n) is 5.36. The van der Waals surface area contributed by atoms with Crippen LogP contribution in [0.2, 0.25) is 0 Å². The number of nitrogens with one attached hydrogen (secondary N) is 1. The number of aromatic amines is 1. The van der Waals surface area contributed by atoms with E-state index in [-0.39, 0.29) is 11.6 Å². The first kappa shape index (κ1) is 18.9. The van der Waals surface area contributed by atoms with Crippen LogP contribution in [0.1, 0.15) is 34.3 Å². The molecule has 2 aromatic heterocycles. The van der Waals surface area contributed by atoms with Gasteiger partial charge in [-0.25, -0.2) is 18.8 Å². The van der Waals surface area contributed by atoms with E-state index in [1.807, 2.05) is 30.5 Å². The van der Waals surface area contributed by atoms with Crippen LogP contribution in [0.15, 0.2) is 46.2 Å². The molecule has 1 N–H and O–H groups in total. The van der Waals surface area contributed by atoms with Gasteiger partial charge in [0.1, 0.15) is 11.6 Å². The molecular formula is C22H18F2N4OS. The van der Waals surface area contributed by atoms with Crippen LogP contribution in [-0.2, 0) is 6.42 Å². The van der Waals surface area contributed by atoms with Crippen molar-refractivity contribution in [1.82, 2.24) is 14.5 Å². The molecule has 1 unspecified atom stereocenters. The molecule has 5 rings (SSSR count). The second-order valence-corrected chi connectivity index (χ2v) is 8.76. The molecule has 1 aliphatic rings. The molecule has 0 saturated carbocycles. The lowest BCUT2D eigenvalue weighted by Gasteiger charge is -2.16. The second-order valence-electron chi connectivity index (χ2n) is 7.53. The smallest absolute Gasteiger partial charge is 0.252 e. The predicted molar refractivity (Wildman–Crippen MR) is 112 cm³/mol. The maximum Gasteiger partial charge on any atom is 0.252 e. The molecule has 1 atom stereocenters. The highest BCUT2D eigenvalue weighted by molar-refractivity contribution is 7.18. The van der Waals surface area contributed by atoms with Gasteiger partial charge in [0.25, 0.3) is 5.56 Å². The van der Waals surface area contributed by atoms with Crippen molar-refractivity contribution in [2.24, 2.45) is 4.99 Å². The van der Waals surface area contributed by atoms with Crippen LogP contribution in [0.25, 0.3) is 10.2 Å². The standard InChI is InChI=1S/C22H18F2N4OS/c1-11-5-18-20(30-12(2)25-18)10-17(11)26-22-27-21(29)9-16-3-4-19(28(16)22)13-6-14(23)8-15(24)7-13/h5-10,19H,3-4H2,1-2H3,(H,26,27,29). The predicted octanol–water partition coefficient (Wildman–Crippen LogP) is 4.45. The van der Waals surface area contributed by atoms with E-state index in [0.717, 1.165) is 38.2 Å². The fourth-order valence-corrected chi connectivity index (χ4v) is 4.94. The van der Waals surface area contributed by atoms with Crippen molar-refractivity contribution in [3.05, 3.63) is 85.8 Å². The lowest BCUT2D eigenvalue weighted by atomic mass is 10.0. The van der Waals surface area contributed by atoms with Gasteiger partial charge in [0, 0.05) is 17.8 Å². The van der Waals surface area contributed by atoms with Crippen LogP contribution in [0.5, 0.6) is 0 Å². The van der Waals surface area contributed by atoms with Gasteiger partial charge in [-0.2, -0.15) is 0 Å². The number of benzene rings is 2. The quantitative estimate of drug-likeness (QED) is 0.517. The molecule has 0 radical (unpaired) electrons. The van der Waals surface area contributed by atoms with Crippen molar-refractivity contribution >= 4 is 27.2 Å². The number of aromatic nitrogens is 3. The molecular weight excluding hydrogens is 406 g/mol. The Bertz CT molecular complexity index is 1410. The minimum absolute atomic E-state index is 0.251. The number of fused-ring (bicyclic) bond motifs is 2. The topological polar surface area (TPSA) is 63.0 Å². The highest BCUT2D eigenvalue weighted by atomic mass is 32.1. The summed E-state index contributed by atoms with van der Waals surface area (Å²) in [5, 5.41) is 0.970. The van der Waals surface area contributed by atoms with Crippen LogP contribution in [0, 0.1) is 25.5 Å². The zero-order chi connectivity index (χ0) is 21.0. The number of hydrogen-bond donors (Lipinski definition) is 1. The fraction of sp³-hybridized carbons (Fsp3) is 0.227. The summed E-state index contributed by atoms with van der Waals surface area (Å²) in [5.74, 6) is -1.24. The largest absolute Gasteiger partial charge is 0.308 e. The van der Waals surface area contributed by atoms with Gasteiger partial charge in [0.2, 0.25) is 5.62 Å². The zero-order valence-corrected chi connectivity index (χ0v) is 17.2. The third kappa shape index (κ3) is 3.27. The van der Waals surface area contributed by atoms with Crippen molar-refractivity contribution in [1.29, 1.82) is 0 Å². The van der Waals surface area contributed by atoms with E-state index < -0.39 is 11.6 Å². The minimum Gasteiger partial charge on any atom is -0.308 e. The molecule has 1 aliphatic heterocycles. The van der Waals surface area contributed by atoms with Gasteiger partial charge in [-0.15, -0.1) is 11.3 Å². The summed E-state index contributed by atoms with van der Waals surface area (Å²) in [5.41, 5.74) is 4.00. The van der Waals surface area contributed by atoms with Crippen LogP contribution < -0.4 is 11.2 Å². The Hall–Kier alpha value is -3.13. The van der Waals surface area contributed by atoms with E-state index in [1.165, 1.54) is 18.2 Å². The second kappa shape index (κ2) is 6.98. The Morgan fingerprint density at radius 2 is 1.90 bits per heavy atom. The van der Waals surface area contributed by atoms with Crippen LogP contribution in [-0.4, -0.2) is 14.5 Å². The van der Waals surface area contributed by atoms with E-state index in [4.69, 9.17) is 4.99 Å². The number of aryl methyl sites for hydroxylation is 3. The molecule has 2 aromatic carbocycles. The molecule has 4 aromatic rings. The molecule has 3 heterocycles. The lowest BCUT2D eigenvalue weighted by Crippen LogP contribution is -2.32. The van der Waals surface area contributed by atoms with Crippen LogP contribution in [0.4, 0.5) is 14.5 Å². The molecule has 0 fully saturated rings. The van der Waals surface area contributed by atoms with Gasteiger partial charge >= 0.3 is 0 Å². The van der Waals surface area contributed by atoms with Crippen LogP contribution >= 0.6 is 11.3 Å². The number of H-pyrrole nitrogens is 1. The molecule has 0 saturated heterocycles. The average Bonchev–Trinajstić information content (AvgIpc) is 3.23. The summed E-state index contributed by atoms with van der Waals surface area (Å²) >= 11 is 1.58. The van der Waals surface area contributed by atoms with E-state index in [0.29, 0.717) is 24.0 Å². The Balaban J connectivity index is 1.73. The normalized spacial score (nSPS) is 16.4. The molecule has 0 aliphatic carbocycles. The van der Waals surface area contributed by atoms with E-state index >= 15 is 0 Å². The maximum atomic E-state index is 13.8. The van der Waals surface area contributed by atoms with Gasteiger partial charge in [-0.05, 0) is 62.1 Å². The Morgan fingerprint density at radius 1 is 1.13 bits per heavy atom. The summed E-state index contributed by atoms with van der Waals surface area (Å²) in [6.07, 6.45) is 1.26. The van der Waals surface area contributed by atoms with Crippen molar-refractivity contribution in [3.63, 3.8) is 0 Å². The maximum absolute atomic E-state index is 13.8. The first-order chi connectivity index (χ1) is 14.4. The zero-order valence-electron chi connectivity index (χ0n) is 16.4. The highest BCUT2D eigenvalue weighted by Crippen LogP contribution is 2.32. The molecule has 5 nitrogen and oxygen atoms in total. The monoisotopic (exact) mass is 424 g/mol. The lowest BCUT2D eigenvalue weighted by molar-refractivity contribution is 0.545. The molecule has 152 valence electrons. The molecule has 0 bridgehead atoms. The first-order valence-electron chi connectivity index (χ1n) is 9.60. The third-order valence-corrected chi connectivity index (χ3v) is 6.30. The van der Waals surface area contributed by atoms with E-state index in [1.54, 1.807) is 11.3 Å². The summed E-state index contributed by atoms with van der Waals surface area (Å²) in [4.78, 5) is 24.3. The van der Waals surface area contributed by atoms with E-state index in [9.17, 15) is 13.6 Å². The number of rotatable bonds is 2. The Kier molecular flexibility index (Phi) is 4.39. The van der Waals surface area contributed by atoms with Gasteiger partial charge in [0.15, 0.2) is 0 Å². The van der Waals surface area contributed by atoms with Crippen LogP contribution in [0.3, 0.4) is 0 Å². The van der Waals surface area contributed by atoms with Gasteiger partial charge < -0.3 is 4.57 Å². The fourth-order valence-electron chi connectivity index (χ4n) is 4.10. The number of nitrogens with zero attached hydrogens (tertiary/aromatic N) is 3.